The van der Waals surface area contributed by atoms with Gasteiger partial charge in [-0.05, 0) is 30.0 Å². The molecule has 96 valence electrons. The Kier molecular flexibility index (Phi) is 4.05. The van der Waals surface area contributed by atoms with E-state index < -0.39 is 0 Å². The van der Waals surface area contributed by atoms with Gasteiger partial charge in [0.2, 0.25) is 0 Å². The van der Waals surface area contributed by atoms with Crippen LogP contribution in [0.2, 0.25) is 0 Å². The summed E-state index contributed by atoms with van der Waals surface area (Å²) in [5.74, 6) is 5.65. The minimum atomic E-state index is -0.234. The first-order chi connectivity index (χ1) is 8.61. The van der Waals surface area contributed by atoms with E-state index in [-0.39, 0.29) is 5.91 Å². The average molecular weight is 282 g/mol. The summed E-state index contributed by atoms with van der Waals surface area (Å²) in [6.45, 7) is 1.96. The molecule has 3 N–H and O–H groups in total. The predicted molar refractivity (Wildman–Crippen MR) is 73.5 cm³/mol. The molecule has 0 radical (unpaired) electrons. The number of nitrogens with one attached hydrogen (secondary N) is 1. The van der Waals surface area contributed by atoms with E-state index in [1.807, 2.05) is 36.2 Å². The fraction of sp³-hybridized carbons (Fsp3) is 0.273. The molecule has 5 nitrogen and oxygen atoms in total. The minimum Gasteiger partial charge on any atom is -0.289 e. The van der Waals surface area contributed by atoms with Crippen molar-refractivity contribution in [1.29, 1.82) is 0 Å². The van der Waals surface area contributed by atoms with Crippen molar-refractivity contribution in [3.8, 4) is 0 Å². The number of thioether (sulfide) groups is 1. The maximum atomic E-state index is 11.5. The number of aryl methyl sites for hydroxylation is 2. The number of rotatable bonds is 4. The van der Waals surface area contributed by atoms with E-state index in [0.717, 1.165) is 22.0 Å². The number of carbonyl (C=O) groups is 1. The molecule has 0 fully saturated rings. The molecule has 1 amide bonds. The largest absolute Gasteiger partial charge is 0.289 e. The third kappa shape index (κ3) is 2.74. The van der Waals surface area contributed by atoms with Crippen LogP contribution in [-0.2, 0) is 12.8 Å². The third-order valence-electron chi connectivity index (χ3n) is 2.42. The van der Waals surface area contributed by atoms with Crippen molar-refractivity contribution in [2.75, 3.05) is 0 Å². The van der Waals surface area contributed by atoms with Crippen LogP contribution < -0.4 is 11.3 Å². The number of nitrogen functional groups attached to an aromatic ring is 1. The molecule has 18 heavy (non-hydrogen) atoms. The van der Waals surface area contributed by atoms with Gasteiger partial charge in [0.05, 0.1) is 15.6 Å². The second kappa shape index (κ2) is 5.55. The number of thiophene rings is 1. The Labute approximate surface area is 113 Å². The Hall–Kier alpha value is -1.31. The van der Waals surface area contributed by atoms with Crippen LogP contribution in [0.4, 0.5) is 0 Å². The number of amides is 1. The van der Waals surface area contributed by atoms with Crippen LogP contribution in [0.3, 0.4) is 0 Å². The molecule has 0 atom stereocenters. The highest BCUT2D eigenvalue weighted by atomic mass is 32.2. The zero-order valence-corrected chi connectivity index (χ0v) is 11.8. The predicted octanol–water partition coefficient (Wildman–Crippen LogP) is 1.69. The lowest BCUT2D eigenvalue weighted by molar-refractivity contribution is 0.0957. The summed E-state index contributed by atoms with van der Waals surface area (Å²) in [6.07, 6.45) is 0. The zero-order chi connectivity index (χ0) is 13.1. The molecule has 7 heteroatoms. The van der Waals surface area contributed by atoms with Crippen molar-refractivity contribution in [2.24, 2.45) is 12.9 Å². The molecule has 0 aliphatic carbocycles. The molecular formula is C11H14N4OS2. The van der Waals surface area contributed by atoms with Crippen molar-refractivity contribution in [3.63, 3.8) is 0 Å². The van der Waals surface area contributed by atoms with Gasteiger partial charge in [-0.3, -0.25) is 14.9 Å². The number of hydrogen-bond acceptors (Lipinski definition) is 5. The van der Waals surface area contributed by atoms with E-state index in [1.54, 1.807) is 11.8 Å². The fourth-order valence-electron chi connectivity index (χ4n) is 1.59. The number of carbonyl (C=O) groups excluding carboxylic acids is 1. The molecule has 0 aliphatic rings. The Morgan fingerprint density at radius 3 is 3.06 bits per heavy atom. The normalized spacial score (nSPS) is 10.6. The lowest BCUT2D eigenvalue weighted by Crippen LogP contribution is -2.29. The number of nitrogens with two attached hydrogens (primary N) is 1. The summed E-state index contributed by atoms with van der Waals surface area (Å²) in [5.41, 5.74) is 4.15. The van der Waals surface area contributed by atoms with E-state index in [1.165, 1.54) is 11.3 Å². The first kappa shape index (κ1) is 13.1. The van der Waals surface area contributed by atoms with Gasteiger partial charge in [-0.2, -0.15) is 5.10 Å². The summed E-state index contributed by atoms with van der Waals surface area (Å²) >= 11 is 3.05. The molecule has 2 heterocycles. The Balaban J connectivity index is 2.09. The Morgan fingerprint density at radius 2 is 2.44 bits per heavy atom. The van der Waals surface area contributed by atoms with Crippen LogP contribution in [0.1, 0.15) is 20.9 Å². The summed E-state index contributed by atoms with van der Waals surface area (Å²) in [6, 6.07) is 3.98. The van der Waals surface area contributed by atoms with Crippen LogP contribution >= 0.6 is 23.1 Å². The number of aromatic nitrogens is 2. The molecule has 0 spiro atoms. The van der Waals surface area contributed by atoms with E-state index in [4.69, 9.17) is 5.84 Å². The highest BCUT2D eigenvalue weighted by Gasteiger charge is 2.13. The van der Waals surface area contributed by atoms with Crippen LogP contribution in [0.15, 0.2) is 22.5 Å². The SMILES string of the molecule is Cc1cc(SCc2ccsc2C(=O)NN)n(C)n1. The summed E-state index contributed by atoms with van der Waals surface area (Å²) < 4.78 is 1.84. The molecule has 0 saturated carbocycles. The standard InChI is InChI=1S/C11H14N4OS2/c1-7-5-9(15(2)14-7)18-6-8-3-4-17-10(8)11(16)13-12/h3-5H,6,12H2,1-2H3,(H,13,16). The van der Waals surface area contributed by atoms with Gasteiger partial charge in [0, 0.05) is 12.8 Å². The third-order valence-corrected chi connectivity index (χ3v) is 4.51. The maximum absolute atomic E-state index is 11.5. The first-order valence-corrected chi connectivity index (χ1v) is 7.19. The molecule has 0 saturated heterocycles. The molecule has 2 aromatic rings. The Morgan fingerprint density at radius 1 is 1.67 bits per heavy atom. The van der Waals surface area contributed by atoms with Gasteiger partial charge in [0.15, 0.2) is 0 Å². The van der Waals surface area contributed by atoms with Crippen molar-refractivity contribution < 1.29 is 4.79 Å². The van der Waals surface area contributed by atoms with Crippen molar-refractivity contribution in [3.05, 3.63) is 33.6 Å². The first-order valence-electron chi connectivity index (χ1n) is 5.32. The molecule has 0 aliphatic heterocycles. The van der Waals surface area contributed by atoms with E-state index in [0.29, 0.717) is 4.88 Å². The fourth-order valence-corrected chi connectivity index (χ4v) is 3.53. The van der Waals surface area contributed by atoms with Gasteiger partial charge in [-0.1, -0.05) is 0 Å². The van der Waals surface area contributed by atoms with Crippen LogP contribution in [0, 0.1) is 6.92 Å². The number of hydrogen-bond donors (Lipinski definition) is 2. The molecule has 2 aromatic heterocycles. The second-order valence-electron chi connectivity index (χ2n) is 3.78. The zero-order valence-electron chi connectivity index (χ0n) is 10.1. The van der Waals surface area contributed by atoms with Gasteiger partial charge in [0.25, 0.3) is 5.91 Å². The molecular weight excluding hydrogens is 268 g/mol. The summed E-state index contributed by atoms with van der Waals surface area (Å²) in [7, 11) is 1.91. The second-order valence-corrected chi connectivity index (χ2v) is 5.70. The van der Waals surface area contributed by atoms with Gasteiger partial charge in [0.1, 0.15) is 0 Å². The Bertz CT molecular complexity index is 561. The van der Waals surface area contributed by atoms with Gasteiger partial charge in [-0.25, -0.2) is 5.84 Å². The van der Waals surface area contributed by atoms with E-state index in [2.05, 4.69) is 10.5 Å². The smallest absolute Gasteiger partial charge is 0.275 e. The van der Waals surface area contributed by atoms with Crippen LogP contribution in [0.25, 0.3) is 0 Å². The van der Waals surface area contributed by atoms with E-state index >= 15 is 0 Å². The summed E-state index contributed by atoms with van der Waals surface area (Å²) in [5, 5.41) is 7.26. The minimum absolute atomic E-state index is 0.234. The van der Waals surface area contributed by atoms with Gasteiger partial charge < -0.3 is 0 Å². The van der Waals surface area contributed by atoms with E-state index in [9.17, 15) is 4.79 Å². The maximum Gasteiger partial charge on any atom is 0.275 e. The quantitative estimate of drug-likeness (QED) is 0.387. The van der Waals surface area contributed by atoms with Crippen molar-refractivity contribution in [1.82, 2.24) is 15.2 Å². The number of hydrazine groups is 1. The monoisotopic (exact) mass is 282 g/mol. The molecule has 0 bridgehead atoms. The van der Waals surface area contributed by atoms with Gasteiger partial charge >= 0.3 is 0 Å². The van der Waals surface area contributed by atoms with Crippen LogP contribution in [0.5, 0.6) is 0 Å². The van der Waals surface area contributed by atoms with Crippen LogP contribution in [-0.4, -0.2) is 15.7 Å². The van der Waals surface area contributed by atoms with Gasteiger partial charge in [-0.15, -0.1) is 23.1 Å². The molecule has 0 aromatic carbocycles. The molecule has 0 unspecified atom stereocenters. The lowest BCUT2D eigenvalue weighted by atomic mass is 10.3. The summed E-state index contributed by atoms with van der Waals surface area (Å²) in [4.78, 5) is 12.2. The lowest BCUT2D eigenvalue weighted by Gasteiger charge is -2.03. The number of nitrogens with zero attached hydrogens (tertiary/aromatic N) is 2. The topological polar surface area (TPSA) is 72.9 Å². The van der Waals surface area contributed by atoms with Crippen molar-refractivity contribution in [2.45, 2.75) is 17.7 Å². The highest BCUT2D eigenvalue weighted by Crippen LogP contribution is 2.27. The molecule has 2 rings (SSSR count). The average Bonchev–Trinajstić information content (AvgIpc) is 2.92. The van der Waals surface area contributed by atoms with Crippen molar-refractivity contribution >= 4 is 29.0 Å². The highest BCUT2D eigenvalue weighted by molar-refractivity contribution is 7.98.